The van der Waals surface area contributed by atoms with E-state index < -0.39 is 0 Å². The summed E-state index contributed by atoms with van der Waals surface area (Å²) in [7, 11) is 1.50. The van der Waals surface area contributed by atoms with Gasteiger partial charge in [-0.3, -0.25) is 4.79 Å². The van der Waals surface area contributed by atoms with Gasteiger partial charge in [0.25, 0.3) is 0 Å². The standard InChI is InChI=1S/C21H19BrN2O2/c1-14-5-3-4-6-18(14)19(15-7-9-17(22)10-8-15)11-20(25)16-12-23-21(26-2)24-13-16/h3-10,12-13,19H,11H2,1-2H3. The molecule has 3 aromatic rings. The highest BCUT2D eigenvalue weighted by atomic mass is 79.9. The molecule has 2 aromatic carbocycles. The number of rotatable bonds is 6. The van der Waals surface area contributed by atoms with Gasteiger partial charge >= 0.3 is 6.01 Å². The van der Waals surface area contributed by atoms with Gasteiger partial charge in [-0.15, -0.1) is 0 Å². The van der Waals surface area contributed by atoms with Gasteiger partial charge in [0.05, 0.1) is 12.7 Å². The zero-order chi connectivity index (χ0) is 18.5. The van der Waals surface area contributed by atoms with Crippen LogP contribution in [0.1, 0.15) is 39.4 Å². The Labute approximate surface area is 161 Å². The largest absolute Gasteiger partial charge is 0.467 e. The highest BCUT2D eigenvalue weighted by Crippen LogP contribution is 2.32. The molecule has 0 radical (unpaired) electrons. The smallest absolute Gasteiger partial charge is 0.316 e. The molecule has 0 aliphatic carbocycles. The summed E-state index contributed by atoms with van der Waals surface area (Å²) in [6, 6.07) is 16.5. The lowest BCUT2D eigenvalue weighted by molar-refractivity contribution is 0.0976. The van der Waals surface area contributed by atoms with Crippen LogP contribution in [0.15, 0.2) is 65.4 Å². The van der Waals surface area contributed by atoms with Crippen LogP contribution < -0.4 is 4.74 Å². The number of hydrogen-bond donors (Lipinski definition) is 0. The Morgan fingerprint density at radius 3 is 2.35 bits per heavy atom. The zero-order valence-corrected chi connectivity index (χ0v) is 16.2. The Kier molecular flexibility index (Phi) is 5.78. The van der Waals surface area contributed by atoms with Gasteiger partial charge in [-0.25, -0.2) is 9.97 Å². The average Bonchev–Trinajstić information content (AvgIpc) is 2.67. The fraction of sp³-hybridized carbons (Fsp3) is 0.190. The van der Waals surface area contributed by atoms with Gasteiger partial charge in [0.15, 0.2) is 5.78 Å². The van der Waals surface area contributed by atoms with Crippen LogP contribution in [-0.4, -0.2) is 22.9 Å². The maximum atomic E-state index is 12.8. The van der Waals surface area contributed by atoms with E-state index >= 15 is 0 Å². The molecule has 0 N–H and O–H groups in total. The quantitative estimate of drug-likeness (QED) is 0.538. The molecule has 0 aliphatic heterocycles. The minimum absolute atomic E-state index is 0.00354. The van der Waals surface area contributed by atoms with Gasteiger partial charge in [0, 0.05) is 29.2 Å². The lowest BCUT2D eigenvalue weighted by Gasteiger charge is -2.19. The average molecular weight is 411 g/mol. The van der Waals surface area contributed by atoms with Crippen molar-refractivity contribution in [2.45, 2.75) is 19.3 Å². The van der Waals surface area contributed by atoms with E-state index in [1.807, 2.05) is 24.3 Å². The van der Waals surface area contributed by atoms with Gasteiger partial charge in [-0.1, -0.05) is 52.3 Å². The Morgan fingerprint density at radius 2 is 1.73 bits per heavy atom. The number of methoxy groups -OCH3 is 1. The predicted molar refractivity (Wildman–Crippen MR) is 105 cm³/mol. The summed E-state index contributed by atoms with van der Waals surface area (Å²) < 4.78 is 5.97. The first kappa shape index (κ1) is 18.3. The van der Waals surface area contributed by atoms with Crippen LogP contribution in [0.3, 0.4) is 0 Å². The van der Waals surface area contributed by atoms with Crippen molar-refractivity contribution in [3.05, 3.63) is 87.7 Å². The Bertz CT molecular complexity index is 893. The fourth-order valence-corrected chi connectivity index (χ4v) is 3.21. The van der Waals surface area contributed by atoms with E-state index in [1.54, 1.807) is 0 Å². The maximum absolute atomic E-state index is 12.8. The maximum Gasteiger partial charge on any atom is 0.316 e. The van der Waals surface area contributed by atoms with E-state index in [0.717, 1.165) is 15.6 Å². The third kappa shape index (κ3) is 4.17. The SMILES string of the molecule is COc1ncc(C(=O)CC(c2ccc(Br)cc2)c2ccccc2C)cn1. The number of carbonyl (C=O) groups excluding carboxylic acids is 1. The molecule has 0 spiro atoms. The molecule has 0 bridgehead atoms. The summed E-state index contributed by atoms with van der Waals surface area (Å²) in [5.41, 5.74) is 3.91. The van der Waals surface area contributed by atoms with Crippen molar-refractivity contribution in [1.29, 1.82) is 0 Å². The van der Waals surface area contributed by atoms with E-state index in [9.17, 15) is 4.79 Å². The van der Waals surface area contributed by atoms with Gasteiger partial charge < -0.3 is 4.74 Å². The lowest BCUT2D eigenvalue weighted by Crippen LogP contribution is -2.11. The number of ketones is 1. The second-order valence-corrected chi connectivity index (χ2v) is 6.96. The molecule has 3 rings (SSSR count). The van der Waals surface area contributed by atoms with Crippen LogP contribution in [0.25, 0.3) is 0 Å². The summed E-state index contributed by atoms with van der Waals surface area (Å²) >= 11 is 3.47. The van der Waals surface area contributed by atoms with Crippen molar-refractivity contribution >= 4 is 21.7 Å². The summed E-state index contributed by atoms with van der Waals surface area (Å²) in [5, 5.41) is 0. The number of Topliss-reactive ketones (excluding diaryl/α,β-unsaturated/α-hetero) is 1. The molecule has 4 nitrogen and oxygen atoms in total. The molecule has 1 aromatic heterocycles. The molecule has 1 atom stereocenters. The number of halogens is 1. The Morgan fingerprint density at radius 1 is 1.08 bits per heavy atom. The van der Waals surface area contributed by atoms with E-state index in [4.69, 9.17) is 4.74 Å². The first-order valence-corrected chi connectivity index (χ1v) is 9.08. The summed E-state index contributed by atoms with van der Waals surface area (Å²) in [5.74, 6) is -0.0253. The van der Waals surface area contributed by atoms with E-state index in [2.05, 4.69) is 57.1 Å². The topological polar surface area (TPSA) is 52.1 Å². The predicted octanol–water partition coefficient (Wildman–Crippen LogP) is 4.96. The van der Waals surface area contributed by atoms with Crippen molar-refractivity contribution in [2.24, 2.45) is 0 Å². The van der Waals surface area contributed by atoms with Crippen LogP contribution in [0.5, 0.6) is 6.01 Å². The minimum Gasteiger partial charge on any atom is -0.467 e. The molecule has 5 heteroatoms. The van der Waals surface area contributed by atoms with Gasteiger partial charge in [-0.2, -0.15) is 0 Å². The van der Waals surface area contributed by atoms with Crippen LogP contribution in [0.2, 0.25) is 0 Å². The molecule has 0 saturated heterocycles. The van der Waals surface area contributed by atoms with Crippen molar-refractivity contribution in [1.82, 2.24) is 9.97 Å². The molecule has 1 heterocycles. The second-order valence-electron chi connectivity index (χ2n) is 6.05. The van der Waals surface area contributed by atoms with Crippen LogP contribution in [-0.2, 0) is 0 Å². The monoisotopic (exact) mass is 410 g/mol. The Hall–Kier alpha value is -2.53. The third-order valence-corrected chi connectivity index (χ3v) is 4.89. The zero-order valence-electron chi connectivity index (χ0n) is 14.6. The van der Waals surface area contributed by atoms with E-state index in [0.29, 0.717) is 12.0 Å². The van der Waals surface area contributed by atoms with Gasteiger partial charge in [0.2, 0.25) is 0 Å². The normalized spacial score (nSPS) is 11.8. The number of aromatic nitrogens is 2. The van der Waals surface area contributed by atoms with Gasteiger partial charge in [-0.05, 0) is 35.7 Å². The van der Waals surface area contributed by atoms with Crippen LogP contribution >= 0.6 is 15.9 Å². The number of nitrogens with zero attached hydrogens (tertiary/aromatic N) is 2. The number of benzene rings is 2. The summed E-state index contributed by atoms with van der Waals surface area (Å²) in [4.78, 5) is 20.9. The second kappa shape index (κ2) is 8.23. The van der Waals surface area contributed by atoms with Crippen molar-refractivity contribution in [2.75, 3.05) is 7.11 Å². The summed E-state index contributed by atoms with van der Waals surface area (Å²) in [6.45, 7) is 2.07. The van der Waals surface area contributed by atoms with Crippen molar-refractivity contribution in [3.8, 4) is 6.01 Å². The van der Waals surface area contributed by atoms with E-state index in [-0.39, 0.29) is 17.7 Å². The first-order chi connectivity index (χ1) is 12.6. The van der Waals surface area contributed by atoms with Crippen LogP contribution in [0.4, 0.5) is 0 Å². The summed E-state index contributed by atoms with van der Waals surface area (Å²) in [6.07, 6.45) is 3.39. The first-order valence-electron chi connectivity index (χ1n) is 8.28. The Balaban J connectivity index is 1.94. The number of aryl methyl sites for hydroxylation is 1. The molecule has 1 unspecified atom stereocenters. The highest BCUT2D eigenvalue weighted by Gasteiger charge is 2.21. The minimum atomic E-state index is -0.0288. The molecular weight excluding hydrogens is 392 g/mol. The molecule has 0 saturated carbocycles. The highest BCUT2D eigenvalue weighted by molar-refractivity contribution is 9.10. The molecule has 0 amide bonds. The number of carbonyl (C=O) groups is 1. The molecule has 0 fully saturated rings. The van der Waals surface area contributed by atoms with Crippen molar-refractivity contribution in [3.63, 3.8) is 0 Å². The van der Waals surface area contributed by atoms with E-state index in [1.165, 1.54) is 25.1 Å². The molecule has 132 valence electrons. The van der Waals surface area contributed by atoms with Crippen LogP contribution in [0, 0.1) is 6.92 Å². The lowest BCUT2D eigenvalue weighted by atomic mass is 9.84. The third-order valence-electron chi connectivity index (χ3n) is 4.36. The molecular formula is C21H19BrN2O2. The molecule has 26 heavy (non-hydrogen) atoms. The molecule has 0 aliphatic rings. The van der Waals surface area contributed by atoms with Crippen molar-refractivity contribution < 1.29 is 9.53 Å². The number of ether oxygens (including phenoxy) is 1. The van der Waals surface area contributed by atoms with Gasteiger partial charge in [0.1, 0.15) is 0 Å². The fourth-order valence-electron chi connectivity index (χ4n) is 2.95. The number of hydrogen-bond acceptors (Lipinski definition) is 4.